The lowest BCUT2D eigenvalue weighted by atomic mass is 9.90. The summed E-state index contributed by atoms with van der Waals surface area (Å²) in [6.45, 7) is 3.19. The Morgan fingerprint density at radius 1 is 1.06 bits per heavy atom. The molecule has 0 N–H and O–H groups in total. The first-order chi connectivity index (χ1) is 15.5. The van der Waals surface area contributed by atoms with Crippen molar-refractivity contribution in [3.8, 4) is 5.75 Å². The van der Waals surface area contributed by atoms with Crippen LogP contribution in [0.2, 0.25) is 0 Å². The van der Waals surface area contributed by atoms with Crippen LogP contribution < -0.4 is 9.64 Å². The van der Waals surface area contributed by atoms with Gasteiger partial charge in [-0.1, -0.05) is 12.1 Å². The molecule has 2 aliphatic rings. The molecular formula is C25H31N3O4. The fourth-order valence-corrected chi connectivity index (χ4v) is 4.80. The topological polar surface area (TPSA) is 75.9 Å². The van der Waals surface area contributed by atoms with Crippen molar-refractivity contribution in [2.45, 2.75) is 38.5 Å². The van der Waals surface area contributed by atoms with Crippen molar-refractivity contribution in [3.05, 3.63) is 63.7 Å². The average molecular weight is 438 g/mol. The summed E-state index contributed by atoms with van der Waals surface area (Å²) in [6, 6.07) is 12.9. The Hall–Kier alpha value is -3.09. The van der Waals surface area contributed by atoms with Crippen LogP contribution in [0.15, 0.2) is 42.5 Å². The highest BCUT2D eigenvalue weighted by atomic mass is 16.6. The van der Waals surface area contributed by atoms with E-state index < -0.39 is 4.92 Å². The number of hydrogen-bond acceptors (Lipinski definition) is 5. The highest BCUT2D eigenvalue weighted by Gasteiger charge is 2.28. The van der Waals surface area contributed by atoms with Gasteiger partial charge in [-0.3, -0.25) is 14.9 Å². The van der Waals surface area contributed by atoms with E-state index in [1.54, 1.807) is 13.2 Å². The number of nitrogens with zero attached hydrogens (tertiary/aromatic N) is 3. The minimum absolute atomic E-state index is 0.0225. The van der Waals surface area contributed by atoms with Gasteiger partial charge in [0.2, 0.25) is 0 Å². The predicted molar refractivity (Wildman–Crippen MR) is 124 cm³/mol. The van der Waals surface area contributed by atoms with Gasteiger partial charge in [-0.2, -0.15) is 0 Å². The normalized spacial score (nSPS) is 16.9. The van der Waals surface area contributed by atoms with Crippen LogP contribution in [-0.2, 0) is 6.42 Å². The van der Waals surface area contributed by atoms with E-state index in [9.17, 15) is 14.9 Å². The van der Waals surface area contributed by atoms with Gasteiger partial charge in [-0.15, -0.1) is 0 Å². The molecule has 170 valence electrons. The zero-order valence-corrected chi connectivity index (χ0v) is 18.7. The Kier molecular flexibility index (Phi) is 6.93. The maximum atomic E-state index is 13.4. The summed E-state index contributed by atoms with van der Waals surface area (Å²) >= 11 is 0. The number of ether oxygens (including phenoxy) is 1. The number of non-ortho nitro benzene ring substituents is 1. The Bertz CT molecular complexity index is 946. The lowest BCUT2D eigenvalue weighted by Crippen LogP contribution is -2.39. The summed E-state index contributed by atoms with van der Waals surface area (Å²) in [5.74, 6) is 1.38. The van der Waals surface area contributed by atoms with Crippen LogP contribution in [0.1, 0.15) is 48.0 Å². The Morgan fingerprint density at radius 3 is 2.38 bits per heavy atom. The number of piperidine rings is 1. The van der Waals surface area contributed by atoms with Gasteiger partial charge in [0.15, 0.2) is 0 Å². The third kappa shape index (κ3) is 5.03. The van der Waals surface area contributed by atoms with Crippen LogP contribution >= 0.6 is 0 Å². The molecule has 7 heteroatoms. The second-order valence-electron chi connectivity index (χ2n) is 8.78. The fraction of sp³-hybridized carbons (Fsp3) is 0.480. The van der Waals surface area contributed by atoms with Crippen molar-refractivity contribution < 1.29 is 14.5 Å². The summed E-state index contributed by atoms with van der Waals surface area (Å²) in [5.41, 5.74) is 2.58. The molecule has 32 heavy (non-hydrogen) atoms. The molecule has 7 nitrogen and oxygen atoms in total. The fourth-order valence-electron chi connectivity index (χ4n) is 4.80. The summed E-state index contributed by atoms with van der Waals surface area (Å²) < 4.78 is 5.22. The molecule has 4 rings (SSSR count). The lowest BCUT2D eigenvalue weighted by molar-refractivity contribution is -0.384. The van der Waals surface area contributed by atoms with Gasteiger partial charge < -0.3 is 14.5 Å². The monoisotopic (exact) mass is 437 g/mol. The van der Waals surface area contributed by atoms with Crippen molar-refractivity contribution in [2.75, 3.05) is 38.2 Å². The minimum Gasteiger partial charge on any atom is -0.497 e. The highest BCUT2D eigenvalue weighted by Crippen LogP contribution is 2.31. The van der Waals surface area contributed by atoms with E-state index in [-0.39, 0.29) is 11.6 Å². The van der Waals surface area contributed by atoms with E-state index in [4.69, 9.17) is 4.74 Å². The zero-order valence-electron chi connectivity index (χ0n) is 18.7. The SMILES string of the molecule is COc1ccc(CCC2CCN(C(=O)c3cc([N+](=O)[O-])ccc3N3CCCC3)CC2)cc1. The molecule has 0 unspecified atom stereocenters. The molecular weight excluding hydrogens is 406 g/mol. The van der Waals surface area contributed by atoms with Crippen molar-refractivity contribution >= 4 is 17.3 Å². The first kappa shape index (κ1) is 22.1. The second kappa shape index (κ2) is 10.0. The number of carbonyl (C=O) groups excluding carboxylic acids is 1. The minimum atomic E-state index is -0.421. The van der Waals surface area contributed by atoms with Crippen LogP contribution in [0.3, 0.4) is 0 Å². The second-order valence-corrected chi connectivity index (χ2v) is 8.78. The number of likely N-dealkylation sites (tertiary alicyclic amines) is 1. The van der Waals surface area contributed by atoms with E-state index in [0.29, 0.717) is 24.6 Å². The van der Waals surface area contributed by atoms with Crippen molar-refractivity contribution in [1.82, 2.24) is 4.90 Å². The molecule has 2 heterocycles. The third-order valence-electron chi connectivity index (χ3n) is 6.77. The molecule has 0 aliphatic carbocycles. The van der Waals surface area contributed by atoms with Gasteiger partial charge in [0.05, 0.1) is 23.3 Å². The Labute approximate surface area is 189 Å². The Morgan fingerprint density at radius 2 is 1.75 bits per heavy atom. The number of nitro groups is 1. The summed E-state index contributed by atoms with van der Waals surface area (Å²) in [7, 11) is 1.67. The van der Waals surface area contributed by atoms with Gasteiger partial charge >= 0.3 is 0 Å². The number of nitro benzene ring substituents is 1. The van der Waals surface area contributed by atoms with E-state index in [0.717, 1.165) is 63.1 Å². The molecule has 1 amide bonds. The van der Waals surface area contributed by atoms with Crippen LogP contribution in [0.5, 0.6) is 5.75 Å². The molecule has 0 saturated carbocycles. The number of aryl methyl sites for hydroxylation is 1. The average Bonchev–Trinajstić information content (AvgIpc) is 3.37. The maximum Gasteiger partial charge on any atom is 0.270 e. The third-order valence-corrected chi connectivity index (χ3v) is 6.77. The summed E-state index contributed by atoms with van der Waals surface area (Å²) in [4.78, 5) is 28.3. The molecule has 0 atom stereocenters. The van der Waals surface area contributed by atoms with Crippen molar-refractivity contribution in [1.29, 1.82) is 0 Å². The molecule has 2 fully saturated rings. The smallest absolute Gasteiger partial charge is 0.270 e. The molecule has 0 radical (unpaired) electrons. The number of carbonyl (C=O) groups is 1. The molecule has 2 saturated heterocycles. The number of rotatable bonds is 7. The molecule has 2 aromatic carbocycles. The van der Waals surface area contributed by atoms with Crippen LogP contribution in [0, 0.1) is 16.0 Å². The van der Waals surface area contributed by atoms with E-state index in [1.807, 2.05) is 17.0 Å². The van der Waals surface area contributed by atoms with Gasteiger partial charge in [-0.25, -0.2) is 0 Å². The van der Waals surface area contributed by atoms with E-state index >= 15 is 0 Å². The van der Waals surface area contributed by atoms with Gasteiger partial charge in [-0.05, 0) is 68.2 Å². The van der Waals surface area contributed by atoms with Crippen molar-refractivity contribution in [3.63, 3.8) is 0 Å². The molecule has 0 spiro atoms. The highest BCUT2D eigenvalue weighted by molar-refractivity contribution is 6.00. The summed E-state index contributed by atoms with van der Waals surface area (Å²) in [5, 5.41) is 11.3. The van der Waals surface area contributed by atoms with E-state index in [1.165, 1.54) is 17.7 Å². The molecule has 0 bridgehead atoms. The number of amides is 1. The van der Waals surface area contributed by atoms with Crippen LogP contribution in [0.25, 0.3) is 0 Å². The standard InChI is InChI=1S/C25H31N3O4/c1-32-22-9-6-19(7-10-22)4-5-20-12-16-27(17-13-20)25(29)23-18-21(28(30)31)8-11-24(23)26-14-2-3-15-26/h6-11,18,20H,2-5,12-17H2,1H3. The first-order valence-corrected chi connectivity index (χ1v) is 11.5. The lowest BCUT2D eigenvalue weighted by Gasteiger charge is -2.33. The maximum absolute atomic E-state index is 13.4. The van der Waals surface area contributed by atoms with Crippen LogP contribution in [0.4, 0.5) is 11.4 Å². The number of benzene rings is 2. The van der Waals surface area contributed by atoms with Crippen LogP contribution in [-0.4, -0.2) is 49.0 Å². The van der Waals surface area contributed by atoms with Crippen molar-refractivity contribution in [2.24, 2.45) is 5.92 Å². The number of hydrogen-bond donors (Lipinski definition) is 0. The zero-order chi connectivity index (χ0) is 22.5. The molecule has 2 aromatic rings. The summed E-state index contributed by atoms with van der Waals surface area (Å²) in [6.07, 6.45) is 6.23. The quantitative estimate of drug-likeness (QED) is 0.464. The van der Waals surface area contributed by atoms with E-state index in [2.05, 4.69) is 17.0 Å². The van der Waals surface area contributed by atoms with Gasteiger partial charge in [0, 0.05) is 38.3 Å². The van der Waals surface area contributed by atoms with Gasteiger partial charge in [0.25, 0.3) is 11.6 Å². The Balaban J connectivity index is 1.38. The number of methoxy groups -OCH3 is 1. The predicted octanol–water partition coefficient (Wildman–Crippen LogP) is 4.69. The number of anilines is 1. The van der Waals surface area contributed by atoms with Gasteiger partial charge in [0.1, 0.15) is 5.75 Å². The first-order valence-electron chi connectivity index (χ1n) is 11.5. The molecule has 0 aromatic heterocycles. The largest absolute Gasteiger partial charge is 0.497 e. The molecule has 2 aliphatic heterocycles.